The van der Waals surface area contributed by atoms with Crippen LogP contribution in [0.2, 0.25) is 0 Å². The van der Waals surface area contributed by atoms with Gasteiger partial charge in [0.15, 0.2) is 0 Å². The molecule has 2 aliphatic carbocycles. The lowest BCUT2D eigenvalue weighted by Gasteiger charge is -2.18. The molecule has 0 radical (unpaired) electrons. The zero-order chi connectivity index (χ0) is 48.5. The topological polar surface area (TPSA) is 178 Å². The summed E-state index contributed by atoms with van der Waals surface area (Å²) in [6.45, 7) is 9.18. The van der Waals surface area contributed by atoms with Crippen LogP contribution in [0.15, 0.2) is 84.9 Å². The van der Waals surface area contributed by atoms with Gasteiger partial charge >= 0.3 is 12.7 Å². The van der Waals surface area contributed by atoms with E-state index in [0.717, 1.165) is 40.3 Å². The molecule has 13 nitrogen and oxygen atoms in total. The Morgan fingerprint density at radius 2 is 1.00 bits per heavy atom. The van der Waals surface area contributed by atoms with Crippen LogP contribution in [0, 0.1) is 18.8 Å². The molecule has 4 unspecified atom stereocenters. The van der Waals surface area contributed by atoms with Crippen LogP contribution in [-0.4, -0.2) is 61.0 Å². The van der Waals surface area contributed by atoms with Crippen molar-refractivity contribution in [2.75, 3.05) is 29.1 Å². The second-order valence-electron chi connectivity index (χ2n) is 16.7. The molecule has 0 aliphatic heterocycles. The van der Waals surface area contributed by atoms with E-state index in [1.54, 1.807) is 56.3 Å². The minimum Gasteiger partial charge on any atom is -0.495 e. The second kappa shape index (κ2) is 18.7. The maximum Gasteiger partial charge on any atom is 0.573 e. The van der Waals surface area contributed by atoms with Crippen LogP contribution < -0.4 is 34.3 Å². The molecule has 6 atom stereocenters. The molecule has 4 aromatic carbocycles. The number of anilines is 2. The number of aryl methyl sites for hydroxylation is 1. The van der Waals surface area contributed by atoms with Gasteiger partial charge in [0.1, 0.15) is 17.2 Å². The first-order chi connectivity index (χ1) is 29.9. The number of amides is 2. The molecule has 21 heteroatoms. The Bertz CT molecular complexity index is 2610. The summed E-state index contributed by atoms with van der Waals surface area (Å²) in [6.07, 6.45) is -6.25. The molecule has 2 amide bonds. The molecular formula is C44H50F6N4O9S2. The number of sulfonamides is 2. The maximum atomic E-state index is 12.8. The second-order valence-corrected chi connectivity index (χ2v) is 20.2. The number of methoxy groups -OCH3 is 1. The molecule has 0 bridgehead atoms. The van der Waals surface area contributed by atoms with Crippen molar-refractivity contribution >= 4 is 43.2 Å². The van der Waals surface area contributed by atoms with E-state index in [4.69, 9.17) is 4.74 Å². The van der Waals surface area contributed by atoms with Crippen LogP contribution in [0.4, 0.5) is 37.7 Å². The summed E-state index contributed by atoms with van der Waals surface area (Å²) in [5, 5.41) is 5.91. The number of ether oxygens (including phenoxy) is 3. The Hall–Kier alpha value is -5.70. The van der Waals surface area contributed by atoms with Crippen LogP contribution in [0.25, 0.3) is 0 Å². The zero-order valence-corrected chi connectivity index (χ0v) is 38.2. The van der Waals surface area contributed by atoms with E-state index < -0.39 is 43.6 Å². The van der Waals surface area contributed by atoms with Gasteiger partial charge in [-0.25, -0.2) is 16.8 Å². The van der Waals surface area contributed by atoms with Gasteiger partial charge < -0.3 is 24.8 Å². The van der Waals surface area contributed by atoms with Gasteiger partial charge in [0.2, 0.25) is 31.9 Å². The lowest BCUT2D eigenvalue weighted by atomic mass is 9.95. The summed E-state index contributed by atoms with van der Waals surface area (Å²) >= 11 is 0. The molecule has 2 fully saturated rings. The van der Waals surface area contributed by atoms with E-state index in [1.165, 1.54) is 43.5 Å². The summed E-state index contributed by atoms with van der Waals surface area (Å²) in [7, 11) is -5.46. The van der Waals surface area contributed by atoms with Crippen molar-refractivity contribution in [3.8, 4) is 17.2 Å². The van der Waals surface area contributed by atoms with Gasteiger partial charge in [-0.3, -0.25) is 19.0 Å². The summed E-state index contributed by atoms with van der Waals surface area (Å²) in [5.74, 6) is -1.26. The number of nitrogens with one attached hydrogen (secondary N) is 4. The van der Waals surface area contributed by atoms with Gasteiger partial charge in [-0.05, 0) is 104 Å². The van der Waals surface area contributed by atoms with Gasteiger partial charge in [-0.2, -0.15) is 0 Å². The maximum absolute atomic E-state index is 12.8. The molecule has 4 aromatic rings. The van der Waals surface area contributed by atoms with Crippen LogP contribution in [-0.2, 0) is 40.5 Å². The number of rotatable bonds is 15. The van der Waals surface area contributed by atoms with Gasteiger partial charge in [0.25, 0.3) is 0 Å². The predicted molar refractivity (Wildman–Crippen MR) is 231 cm³/mol. The van der Waals surface area contributed by atoms with Crippen molar-refractivity contribution in [1.82, 2.24) is 10.6 Å². The molecule has 65 heavy (non-hydrogen) atoms. The van der Waals surface area contributed by atoms with Crippen LogP contribution >= 0.6 is 0 Å². The average molecular weight is 957 g/mol. The smallest absolute Gasteiger partial charge is 0.495 e. The summed E-state index contributed by atoms with van der Waals surface area (Å²) in [4.78, 5) is 25.6. The molecule has 0 saturated heterocycles. The van der Waals surface area contributed by atoms with E-state index in [0.29, 0.717) is 24.3 Å². The molecule has 2 saturated carbocycles. The minimum absolute atomic E-state index is 0.147. The van der Waals surface area contributed by atoms with Crippen molar-refractivity contribution in [2.24, 2.45) is 11.8 Å². The van der Waals surface area contributed by atoms with E-state index in [9.17, 15) is 52.8 Å². The molecular weight excluding hydrogens is 907 g/mol. The normalized spacial score (nSPS) is 21.3. The molecule has 4 N–H and O–H groups in total. The Balaban J connectivity index is 0.000000244. The van der Waals surface area contributed by atoms with Crippen molar-refractivity contribution in [3.05, 3.63) is 113 Å². The fourth-order valence-electron chi connectivity index (χ4n) is 7.53. The molecule has 354 valence electrons. The summed E-state index contributed by atoms with van der Waals surface area (Å²) < 4.78 is 138. The van der Waals surface area contributed by atoms with Gasteiger partial charge in [0.05, 0.1) is 43.1 Å². The number of carbonyl (C=O) groups excluding carboxylic acids is 2. The number of carbonyl (C=O) groups is 2. The average Bonchev–Trinajstić information content (AvgIpc) is 4.08. The quantitative estimate of drug-likeness (QED) is 0.0851. The van der Waals surface area contributed by atoms with E-state index in [-0.39, 0.29) is 52.9 Å². The first-order valence-corrected chi connectivity index (χ1v) is 23.8. The van der Waals surface area contributed by atoms with Crippen LogP contribution in [0.5, 0.6) is 17.2 Å². The molecule has 2 aliphatic rings. The lowest BCUT2D eigenvalue weighted by Crippen LogP contribution is -2.30. The highest BCUT2D eigenvalue weighted by Crippen LogP contribution is 2.55. The van der Waals surface area contributed by atoms with Crippen LogP contribution in [0.3, 0.4) is 0 Å². The third-order valence-electron chi connectivity index (χ3n) is 11.4. The van der Waals surface area contributed by atoms with Gasteiger partial charge in [0, 0.05) is 22.7 Å². The third-order valence-corrected chi connectivity index (χ3v) is 12.6. The number of alkyl halides is 6. The Morgan fingerprint density at radius 3 is 1.35 bits per heavy atom. The van der Waals surface area contributed by atoms with E-state index >= 15 is 0 Å². The third kappa shape index (κ3) is 13.7. The lowest BCUT2D eigenvalue weighted by molar-refractivity contribution is -0.275. The van der Waals surface area contributed by atoms with Gasteiger partial charge in [-0.15, -0.1) is 26.3 Å². The highest BCUT2D eigenvalue weighted by Gasteiger charge is 2.56. The first kappa shape index (κ1) is 50.3. The van der Waals surface area contributed by atoms with Crippen molar-refractivity contribution in [3.63, 3.8) is 0 Å². The number of halogens is 6. The number of hydrogen-bond acceptors (Lipinski definition) is 9. The van der Waals surface area contributed by atoms with Crippen LogP contribution in [0.1, 0.15) is 80.4 Å². The Morgan fingerprint density at radius 1 is 0.631 bits per heavy atom. The fourth-order valence-corrected chi connectivity index (χ4v) is 8.73. The molecule has 0 aromatic heterocycles. The minimum atomic E-state index is -4.76. The molecule has 0 spiro atoms. The standard InChI is InChI=1S/C22H25F3N2O5S.C22H25F3N2O4S/c1-13(14-5-10-18(19(11-14)31-3)27-33(4,29)30)26-20(28)17-12-21(17,2)15-6-8-16(9-7-15)32-22(23,24)25;1-13-11-15(5-10-19(13)27-32(4,29)30)14(2)26-20(28)18-12-21(18,3)16-6-8-17(9-7-16)31-22(23,24)25/h5-11,13,17,27H,12H2,1-4H3,(H,26,28);5-11,14,18,27H,12H2,1-4H3,(H,26,28)/t13-,17?,21?;14-,18?,21?/m11/s1. The highest BCUT2D eigenvalue weighted by atomic mass is 32.2. The molecule has 0 heterocycles. The highest BCUT2D eigenvalue weighted by molar-refractivity contribution is 7.92. The van der Waals surface area contributed by atoms with Gasteiger partial charge in [-0.1, -0.05) is 56.3 Å². The molecule has 6 rings (SSSR count). The zero-order valence-electron chi connectivity index (χ0n) is 36.6. The largest absolute Gasteiger partial charge is 0.573 e. The Kier molecular flexibility index (Phi) is 14.4. The van der Waals surface area contributed by atoms with Crippen molar-refractivity contribution in [1.29, 1.82) is 0 Å². The van der Waals surface area contributed by atoms with E-state index in [1.807, 2.05) is 26.8 Å². The Labute approximate surface area is 373 Å². The van der Waals surface area contributed by atoms with E-state index in [2.05, 4.69) is 29.6 Å². The predicted octanol–water partition coefficient (Wildman–Crippen LogP) is 8.54. The summed E-state index contributed by atoms with van der Waals surface area (Å²) in [6, 6.07) is 20.6. The SMILES string of the molecule is COc1cc([C@@H](C)NC(=O)C2CC2(C)c2ccc(OC(F)(F)F)cc2)ccc1NS(C)(=O)=O.Cc1cc([C@@H](C)NC(=O)C2CC2(C)c2ccc(OC(F)(F)F)cc2)ccc1NS(C)(=O)=O. The first-order valence-electron chi connectivity index (χ1n) is 20.0. The van der Waals surface area contributed by atoms with Crippen molar-refractivity contribution < 1.29 is 67.0 Å². The van der Waals surface area contributed by atoms with Crippen molar-refractivity contribution in [2.45, 2.75) is 83.1 Å². The fraction of sp³-hybridized carbons (Fsp3) is 0.409. The number of benzene rings is 4. The summed E-state index contributed by atoms with van der Waals surface area (Å²) in [5.41, 5.74) is 3.61. The number of hydrogen-bond donors (Lipinski definition) is 4. The monoisotopic (exact) mass is 956 g/mol.